The predicted molar refractivity (Wildman–Crippen MR) is 96.8 cm³/mol. The van der Waals surface area contributed by atoms with Gasteiger partial charge in [-0.2, -0.15) is 15.8 Å². The minimum atomic E-state index is -1.86. The Bertz CT molecular complexity index is 957. The van der Waals surface area contributed by atoms with Crippen molar-refractivity contribution in [3.63, 3.8) is 0 Å². The summed E-state index contributed by atoms with van der Waals surface area (Å²) in [7, 11) is 0. The van der Waals surface area contributed by atoms with Crippen molar-refractivity contribution in [3.8, 4) is 18.2 Å². The molecule has 28 heavy (non-hydrogen) atoms. The largest absolute Gasteiger partial charge is 0.466 e. The molecule has 1 N–H and O–H groups in total. The maximum atomic E-state index is 12.2. The van der Waals surface area contributed by atoms with Crippen molar-refractivity contribution in [2.75, 3.05) is 19.7 Å². The van der Waals surface area contributed by atoms with E-state index in [9.17, 15) is 20.6 Å². The van der Waals surface area contributed by atoms with Crippen LogP contribution in [0.25, 0.3) is 0 Å². The number of amides is 1. The van der Waals surface area contributed by atoms with Gasteiger partial charge in [-0.3, -0.25) is 0 Å². The average molecular weight is 377 g/mol. The number of nitrogens with one attached hydrogen (secondary N) is 1. The number of carbonyl (C=O) groups is 1. The van der Waals surface area contributed by atoms with E-state index in [0.29, 0.717) is 17.1 Å². The van der Waals surface area contributed by atoms with E-state index in [1.54, 1.807) is 32.1 Å². The first-order chi connectivity index (χ1) is 13.4. The van der Waals surface area contributed by atoms with Crippen LogP contribution in [0.3, 0.4) is 0 Å². The fraction of sp³-hybridized carbons (Fsp3) is 0.450. The van der Waals surface area contributed by atoms with Gasteiger partial charge in [-0.05, 0) is 31.6 Å². The van der Waals surface area contributed by atoms with Crippen molar-refractivity contribution in [3.05, 3.63) is 35.3 Å². The molecule has 2 aliphatic rings. The van der Waals surface area contributed by atoms with Gasteiger partial charge >= 0.3 is 6.09 Å². The van der Waals surface area contributed by atoms with E-state index in [1.165, 1.54) is 4.90 Å². The molecule has 1 unspecified atom stereocenters. The molecule has 8 nitrogen and oxygen atoms in total. The molecule has 0 radical (unpaired) electrons. The predicted octanol–water partition coefficient (Wildman–Crippen LogP) is 2.89. The van der Waals surface area contributed by atoms with Crippen molar-refractivity contribution in [1.82, 2.24) is 4.90 Å². The SMILES string of the molecule is CCOC(=O)N1CC=C2C(C#N)C(=N)C(C#N)(C#N)[C@H](c3ccc(C)o3)[C@@H]2C1. The first kappa shape index (κ1) is 19.2. The van der Waals surface area contributed by atoms with Crippen molar-refractivity contribution in [1.29, 1.82) is 21.2 Å². The normalized spacial score (nSPS) is 25.5. The first-order valence-corrected chi connectivity index (χ1v) is 8.92. The van der Waals surface area contributed by atoms with Gasteiger partial charge in [0.15, 0.2) is 5.41 Å². The molecule has 1 aromatic heterocycles. The molecule has 0 bridgehead atoms. The zero-order chi connectivity index (χ0) is 20.5. The molecular formula is C20H19N5O3. The average Bonchev–Trinajstić information content (AvgIpc) is 3.12. The molecule has 1 aromatic rings. The van der Waals surface area contributed by atoms with E-state index in [4.69, 9.17) is 14.6 Å². The number of rotatable bonds is 2. The lowest BCUT2D eigenvalue weighted by atomic mass is 9.55. The standard InChI is InChI=1S/C20H19N5O3/c1-3-27-19(26)25-7-6-13-14(8-21)18(24)20(10-22,11-23)17(15(13)9-25)16-5-4-12(2)28-16/h4-6,14-15,17,24H,3,7,9H2,1-2H3/t14?,15-,17+/m1/s1. The lowest BCUT2D eigenvalue weighted by Gasteiger charge is -2.46. The number of aryl methyl sites for hydroxylation is 1. The lowest BCUT2D eigenvalue weighted by Crippen LogP contribution is -2.53. The fourth-order valence-electron chi connectivity index (χ4n) is 4.10. The van der Waals surface area contributed by atoms with Crippen LogP contribution in [0.5, 0.6) is 0 Å². The second-order valence-corrected chi connectivity index (χ2v) is 6.85. The topological polar surface area (TPSA) is 138 Å². The van der Waals surface area contributed by atoms with Gasteiger partial charge in [-0.1, -0.05) is 6.08 Å². The van der Waals surface area contributed by atoms with Crippen LogP contribution in [-0.2, 0) is 4.74 Å². The van der Waals surface area contributed by atoms with Crippen molar-refractivity contribution < 1.29 is 13.9 Å². The fourth-order valence-corrected chi connectivity index (χ4v) is 4.10. The number of furan rings is 1. The van der Waals surface area contributed by atoms with Crippen LogP contribution in [-0.4, -0.2) is 36.4 Å². The highest BCUT2D eigenvalue weighted by Gasteiger charge is 2.59. The lowest BCUT2D eigenvalue weighted by molar-refractivity contribution is 0.0978. The van der Waals surface area contributed by atoms with Gasteiger partial charge in [0, 0.05) is 19.0 Å². The Kier molecular flexibility index (Phi) is 4.94. The molecule has 0 aromatic carbocycles. The van der Waals surface area contributed by atoms with E-state index in [0.717, 1.165) is 0 Å². The molecule has 142 valence electrons. The number of nitrogens with zero attached hydrogens (tertiary/aromatic N) is 4. The van der Waals surface area contributed by atoms with Gasteiger partial charge in [0.2, 0.25) is 0 Å². The minimum absolute atomic E-state index is 0.172. The summed E-state index contributed by atoms with van der Waals surface area (Å²) in [6, 6.07) is 9.44. The molecular weight excluding hydrogens is 358 g/mol. The molecule has 1 aliphatic carbocycles. The Hall–Kier alpha value is -3.57. The molecule has 1 amide bonds. The maximum absolute atomic E-state index is 12.2. The molecule has 3 atom stereocenters. The van der Waals surface area contributed by atoms with Gasteiger partial charge in [-0.25, -0.2) is 4.79 Å². The van der Waals surface area contributed by atoms with Crippen LogP contribution >= 0.6 is 0 Å². The molecule has 1 saturated carbocycles. The summed E-state index contributed by atoms with van der Waals surface area (Å²) in [4.78, 5) is 13.7. The van der Waals surface area contributed by atoms with E-state index in [2.05, 4.69) is 6.07 Å². The molecule has 2 heterocycles. The summed E-state index contributed by atoms with van der Waals surface area (Å²) in [6.07, 6.45) is 1.23. The number of fused-ring (bicyclic) bond motifs is 1. The summed E-state index contributed by atoms with van der Waals surface area (Å²) in [6.45, 7) is 4.10. The third-order valence-electron chi connectivity index (χ3n) is 5.38. The highest BCUT2D eigenvalue weighted by atomic mass is 16.6. The third-order valence-corrected chi connectivity index (χ3v) is 5.38. The van der Waals surface area contributed by atoms with Crippen LogP contribution in [0.2, 0.25) is 0 Å². The number of ether oxygens (including phenoxy) is 1. The number of nitriles is 3. The van der Waals surface area contributed by atoms with Gasteiger partial charge in [0.05, 0.1) is 36.4 Å². The van der Waals surface area contributed by atoms with E-state index < -0.39 is 29.3 Å². The molecule has 1 fully saturated rings. The number of carbonyl (C=O) groups excluding carboxylic acids is 1. The highest BCUT2D eigenvalue weighted by Crippen LogP contribution is 2.53. The number of hydrogen-bond acceptors (Lipinski definition) is 7. The minimum Gasteiger partial charge on any atom is -0.466 e. The van der Waals surface area contributed by atoms with E-state index >= 15 is 0 Å². The zero-order valence-electron chi connectivity index (χ0n) is 15.6. The summed E-state index contributed by atoms with van der Waals surface area (Å²) in [5.41, 5.74) is -1.45. The van der Waals surface area contributed by atoms with E-state index in [1.807, 2.05) is 12.1 Å². The second kappa shape index (κ2) is 7.21. The smallest absolute Gasteiger partial charge is 0.410 e. The maximum Gasteiger partial charge on any atom is 0.410 e. The Morgan fingerprint density at radius 1 is 1.39 bits per heavy atom. The Morgan fingerprint density at radius 2 is 2.11 bits per heavy atom. The van der Waals surface area contributed by atoms with Crippen molar-refractivity contribution in [2.24, 2.45) is 17.3 Å². The quantitative estimate of drug-likeness (QED) is 0.786. The van der Waals surface area contributed by atoms with Crippen molar-refractivity contribution >= 4 is 11.8 Å². The van der Waals surface area contributed by atoms with Gasteiger partial charge in [-0.15, -0.1) is 0 Å². The zero-order valence-corrected chi connectivity index (χ0v) is 15.6. The summed E-state index contributed by atoms with van der Waals surface area (Å²) in [5, 5.41) is 38.0. The molecule has 1 aliphatic heterocycles. The van der Waals surface area contributed by atoms with Crippen LogP contribution in [0.4, 0.5) is 4.79 Å². The Morgan fingerprint density at radius 3 is 2.64 bits per heavy atom. The highest BCUT2D eigenvalue weighted by molar-refractivity contribution is 6.00. The molecule has 0 spiro atoms. The van der Waals surface area contributed by atoms with Crippen molar-refractivity contribution in [2.45, 2.75) is 19.8 Å². The monoisotopic (exact) mass is 377 g/mol. The summed E-state index contributed by atoms with van der Waals surface area (Å²) < 4.78 is 10.8. The van der Waals surface area contributed by atoms with E-state index in [-0.39, 0.29) is 25.4 Å². The number of hydrogen-bond donors (Lipinski definition) is 1. The molecule has 8 heteroatoms. The molecule has 3 rings (SSSR count). The van der Waals surface area contributed by atoms with Gasteiger partial charge in [0.25, 0.3) is 0 Å². The Balaban J connectivity index is 2.17. The molecule has 0 saturated heterocycles. The second-order valence-electron chi connectivity index (χ2n) is 6.85. The van der Waals surface area contributed by atoms with Gasteiger partial charge < -0.3 is 19.5 Å². The van der Waals surface area contributed by atoms with Crippen LogP contribution in [0, 0.1) is 63.6 Å². The van der Waals surface area contributed by atoms with Gasteiger partial charge in [0.1, 0.15) is 17.4 Å². The third kappa shape index (κ3) is 2.73. The summed E-state index contributed by atoms with van der Waals surface area (Å²) >= 11 is 0. The Labute approximate surface area is 162 Å². The van der Waals surface area contributed by atoms with Crippen LogP contribution in [0.1, 0.15) is 24.4 Å². The first-order valence-electron chi connectivity index (χ1n) is 8.92. The summed E-state index contributed by atoms with van der Waals surface area (Å²) in [5.74, 6) is -1.31. The van der Waals surface area contributed by atoms with Crippen LogP contribution < -0.4 is 0 Å². The van der Waals surface area contributed by atoms with Crippen LogP contribution in [0.15, 0.2) is 28.2 Å².